The minimum Gasteiger partial charge on any atom is -0.395 e. The third-order valence-corrected chi connectivity index (χ3v) is 3.24. The maximum Gasteiger partial charge on any atom is 0.253 e. The highest BCUT2D eigenvalue weighted by Crippen LogP contribution is 2.25. The molecule has 1 heterocycles. The van der Waals surface area contributed by atoms with Gasteiger partial charge in [-0.25, -0.2) is 0 Å². The summed E-state index contributed by atoms with van der Waals surface area (Å²) in [5.41, 5.74) is 2.80. The average Bonchev–Trinajstić information content (AvgIpc) is 2.89. The van der Waals surface area contributed by atoms with Crippen molar-refractivity contribution in [1.82, 2.24) is 5.32 Å². The van der Waals surface area contributed by atoms with Crippen LogP contribution < -0.4 is 10.2 Å². The van der Waals surface area contributed by atoms with Gasteiger partial charge in [-0.1, -0.05) is 11.6 Å². The molecular weight excluding hydrogens is 228 g/mol. The highest BCUT2D eigenvalue weighted by atomic mass is 16.3. The van der Waals surface area contributed by atoms with Crippen LogP contribution in [0.4, 0.5) is 5.69 Å². The molecule has 0 radical (unpaired) electrons. The van der Waals surface area contributed by atoms with Crippen LogP contribution in [-0.2, 0) is 0 Å². The van der Waals surface area contributed by atoms with Crippen LogP contribution >= 0.6 is 0 Å². The van der Waals surface area contributed by atoms with E-state index in [1.807, 2.05) is 25.1 Å². The van der Waals surface area contributed by atoms with E-state index in [0.717, 1.165) is 24.3 Å². The SMILES string of the molecule is Cc1ccc(N2CCCC2)c(C(=O)NCCO)c1. The summed E-state index contributed by atoms with van der Waals surface area (Å²) in [5, 5.41) is 11.5. The smallest absolute Gasteiger partial charge is 0.253 e. The number of anilines is 1. The van der Waals surface area contributed by atoms with Gasteiger partial charge in [-0.3, -0.25) is 4.79 Å². The van der Waals surface area contributed by atoms with Gasteiger partial charge >= 0.3 is 0 Å². The molecule has 4 heteroatoms. The Balaban J connectivity index is 2.25. The number of carbonyl (C=O) groups excluding carboxylic acids is 1. The second kappa shape index (κ2) is 5.87. The summed E-state index contributed by atoms with van der Waals surface area (Å²) in [5.74, 6) is -0.102. The molecule has 0 aromatic heterocycles. The number of amides is 1. The molecule has 1 saturated heterocycles. The summed E-state index contributed by atoms with van der Waals surface area (Å²) in [6.07, 6.45) is 2.37. The molecule has 0 spiro atoms. The molecule has 0 atom stereocenters. The van der Waals surface area contributed by atoms with Crippen LogP contribution in [0.3, 0.4) is 0 Å². The second-order valence-electron chi connectivity index (χ2n) is 4.69. The number of benzene rings is 1. The Morgan fingerprint density at radius 1 is 1.39 bits per heavy atom. The molecule has 1 aliphatic heterocycles. The Kier molecular flexibility index (Phi) is 4.20. The van der Waals surface area contributed by atoms with E-state index < -0.39 is 0 Å². The normalized spacial score (nSPS) is 14.9. The second-order valence-corrected chi connectivity index (χ2v) is 4.69. The van der Waals surface area contributed by atoms with Gasteiger partial charge in [0.1, 0.15) is 0 Å². The van der Waals surface area contributed by atoms with Crippen molar-refractivity contribution in [3.8, 4) is 0 Å². The van der Waals surface area contributed by atoms with Crippen LogP contribution in [0, 0.1) is 6.92 Å². The van der Waals surface area contributed by atoms with Gasteiger partial charge in [0.2, 0.25) is 0 Å². The lowest BCUT2D eigenvalue weighted by Gasteiger charge is -2.21. The summed E-state index contributed by atoms with van der Waals surface area (Å²) >= 11 is 0. The van der Waals surface area contributed by atoms with Crippen LogP contribution in [-0.4, -0.2) is 37.3 Å². The van der Waals surface area contributed by atoms with Gasteiger partial charge < -0.3 is 15.3 Å². The molecule has 1 aromatic rings. The zero-order valence-electron chi connectivity index (χ0n) is 10.8. The molecule has 1 aliphatic rings. The number of nitrogens with one attached hydrogen (secondary N) is 1. The van der Waals surface area contributed by atoms with E-state index in [0.29, 0.717) is 12.1 Å². The topological polar surface area (TPSA) is 52.6 Å². The van der Waals surface area contributed by atoms with Crippen molar-refractivity contribution >= 4 is 11.6 Å². The van der Waals surface area contributed by atoms with Crippen LogP contribution in [0.1, 0.15) is 28.8 Å². The van der Waals surface area contributed by atoms with Gasteiger partial charge in [0.05, 0.1) is 12.2 Å². The maximum absolute atomic E-state index is 12.1. The third kappa shape index (κ3) is 2.82. The van der Waals surface area contributed by atoms with Gasteiger partial charge in [-0.15, -0.1) is 0 Å². The molecule has 1 amide bonds. The van der Waals surface area contributed by atoms with Crippen molar-refractivity contribution in [2.24, 2.45) is 0 Å². The molecule has 4 nitrogen and oxygen atoms in total. The molecule has 0 bridgehead atoms. The Morgan fingerprint density at radius 2 is 2.11 bits per heavy atom. The third-order valence-electron chi connectivity index (χ3n) is 3.24. The fourth-order valence-electron chi connectivity index (χ4n) is 2.33. The van der Waals surface area contributed by atoms with E-state index in [1.54, 1.807) is 0 Å². The highest BCUT2D eigenvalue weighted by molar-refractivity contribution is 6.00. The van der Waals surface area contributed by atoms with Gasteiger partial charge in [0, 0.05) is 25.3 Å². The van der Waals surface area contributed by atoms with Crippen LogP contribution in [0.5, 0.6) is 0 Å². The van der Waals surface area contributed by atoms with Gasteiger partial charge in [0.15, 0.2) is 0 Å². The zero-order chi connectivity index (χ0) is 13.0. The van der Waals surface area contributed by atoms with Crippen LogP contribution in [0.2, 0.25) is 0 Å². The minimum atomic E-state index is -0.102. The summed E-state index contributed by atoms with van der Waals surface area (Å²) in [6.45, 7) is 4.28. The average molecular weight is 248 g/mol. The number of hydrogen-bond donors (Lipinski definition) is 2. The van der Waals surface area contributed by atoms with Crippen molar-refractivity contribution < 1.29 is 9.90 Å². The minimum absolute atomic E-state index is 0.0311. The van der Waals surface area contributed by atoms with E-state index in [1.165, 1.54) is 12.8 Å². The number of carbonyl (C=O) groups is 1. The Morgan fingerprint density at radius 3 is 2.78 bits per heavy atom. The molecule has 98 valence electrons. The Bertz CT molecular complexity index is 426. The van der Waals surface area contributed by atoms with Crippen molar-refractivity contribution in [3.63, 3.8) is 0 Å². The largest absolute Gasteiger partial charge is 0.395 e. The quantitative estimate of drug-likeness (QED) is 0.845. The number of aliphatic hydroxyl groups is 1. The standard InChI is InChI=1S/C14H20N2O2/c1-11-4-5-13(16-7-2-3-8-16)12(10-11)14(18)15-6-9-17/h4-5,10,17H,2-3,6-9H2,1H3,(H,15,18). The first kappa shape index (κ1) is 12.9. The van der Waals surface area contributed by atoms with E-state index in [4.69, 9.17) is 5.11 Å². The highest BCUT2D eigenvalue weighted by Gasteiger charge is 2.19. The molecule has 2 N–H and O–H groups in total. The number of nitrogens with zero attached hydrogens (tertiary/aromatic N) is 1. The fourth-order valence-corrected chi connectivity index (χ4v) is 2.33. The summed E-state index contributed by atoms with van der Waals surface area (Å²) in [6, 6.07) is 5.98. The number of aliphatic hydroxyl groups excluding tert-OH is 1. The molecule has 18 heavy (non-hydrogen) atoms. The molecule has 0 aliphatic carbocycles. The van der Waals surface area contributed by atoms with Crippen LogP contribution in [0.15, 0.2) is 18.2 Å². The number of aryl methyl sites for hydroxylation is 1. The van der Waals surface area contributed by atoms with Crippen molar-refractivity contribution in [3.05, 3.63) is 29.3 Å². The van der Waals surface area contributed by atoms with E-state index in [-0.39, 0.29) is 12.5 Å². The van der Waals surface area contributed by atoms with E-state index in [9.17, 15) is 4.79 Å². The summed E-state index contributed by atoms with van der Waals surface area (Å²) in [4.78, 5) is 14.3. The zero-order valence-corrected chi connectivity index (χ0v) is 10.8. The Hall–Kier alpha value is -1.55. The van der Waals surface area contributed by atoms with E-state index >= 15 is 0 Å². The maximum atomic E-state index is 12.1. The van der Waals surface area contributed by atoms with Crippen molar-refractivity contribution in [1.29, 1.82) is 0 Å². The van der Waals surface area contributed by atoms with E-state index in [2.05, 4.69) is 10.2 Å². The van der Waals surface area contributed by atoms with Gasteiger partial charge in [-0.05, 0) is 31.9 Å². The molecule has 2 rings (SSSR count). The van der Waals surface area contributed by atoms with Crippen molar-refractivity contribution in [2.45, 2.75) is 19.8 Å². The first-order valence-corrected chi connectivity index (χ1v) is 6.47. The lowest BCUT2D eigenvalue weighted by Crippen LogP contribution is -2.29. The molecule has 1 fully saturated rings. The first-order valence-electron chi connectivity index (χ1n) is 6.47. The van der Waals surface area contributed by atoms with Gasteiger partial charge in [0.25, 0.3) is 5.91 Å². The predicted octanol–water partition coefficient (Wildman–Crippen LogP) is 1.32. The predicted molar refractivity (Wildman–Crippen MR) is 72.0 cm³/mol. The number of rotatable bonds is 4. The monoisotopic (exact) mass is 248 g/mol. The van der Waals surface area contributed by atoms with Gasteiger partial charge in [-0.2, -0.15) is 0 Å². The molecule has 0 saturated carbocycles. The molecular formula is C14H20N2O2. The summed E-state index contributed by atoms with van der Waals surface area (Å²) in [7, 11) is 0. The number of hydrogen-bond acceptors (Lipinski definition) is 3. The van der Waals surface area contributed by atoms with Crippen molar-refractivity contribution in [2.75, 3.05) is 31.1 Å². The fraction of sp³-hybridized carbons (Fsp3) is 0.500. The molecule has 1 aromatic carbocycles. The first-order chi connectivity index (χ1) is 8.72. The molecule has 0 unspecified atom stereocenters. The lowest BCUT2D eigenvalue weighted by molar-refractivity contribution is 0.0945. The Labute approximate surface area is 108 Å². The summed E-state index contributed by atoms with van der Waals surface area (Å²) < 4.78 is 0. The lowest BCUT2D eigenvalue weighted by atomic mass is 10.1. The van der Waals surface area contributed by atoms with Crippen LogP contribution in [0.25, 0.3) is 0 Å².